The highest BCUT2D eigenvalue weighted by molar-refractivity contribution is 9.10. The molecule has 1 aromatic heterocycles. The number of rotatable bonds is 3. The van der Waals surface area contributed by atoms with Crippen LogP contribution in [0.1, 0.15) is 5.69 Å². The van der Waals surface area contributed by atoms with Crippen LogP contribution in [-0.2, 0) is 11.3 Å². The van der Waals surface area contributed by atoms with E-state index in [9.17, 15) is 9.59 Å². The lowest BCUT2D eigenvalue weighted by Crippen LogP contribution is -2.25. The largest absolute Gasteiger partial charge is 0.323 e. The van der Waals surface area contributed by atoms with E-state index in [0.717, 1.165) is 21.5 Å². The van der Waals surface area contributed by atoms with Gasteiger partial charge in [0.15, 0.2) is 0 Å². The van der Waals surface area contributed by atoms with Crippen molar-refractivity contribution < 1.29 is 4.79 Å². The van der Waals surface area contributed by atoms with E-state index >= 15 is 0 Å². The summed E-state index contributed by atoms with van der Waals surface area (Å²) in [5, 5.41) is 4.85. The van der Waals surface area contributed by atoms with E-state index in [2.05, 4.69) is 21.2 Å². The first-order valence-corrected chi connectivity index (χ1v) is 7.42. The molecule has 0 atom stereocenters. The topological polar surface area (TPSA) is 51.1 Å². The second-order valence-corrected chi connectivity index (χ2v) is 6.05. The minimum absolute atomic E-state index is 0.0133. The Hall–Kier alpha value is -1.11. The Kier molecular flexibility index (Phi) is 4.44. The number of thiazole rings is 1. The highest BCUT2D eigenvalue weighted by Crippen LogP contribution is 2.25. The molecule has 0 fully saturated rings. The Morgan fingerprint density at radius 3 is 2.84 bits per heavy atom. The minimum atomic E-state index is -0.284. The Morgan fingerprint density at radius 1 is 1.53 bits per heavy atom. The first-order valence-electron chi connectivity index (χ1n) is 5.37. The number of anilines is 1. The van der Waals surface area contributed by atoms with Gasteiger partial charge in [-0.05, 0) is 25.1 Å². The molecule has 1 amide bonds. The van der Waals surface area contributed by atoms with Crippen molar-refractivity contribution in [2.75, 3.05) is 5.32 Å². The van der Waals surface area contributed by atoms with Crippen LogP contribution >= 0.6 is 38.9 Å². The molecule has 0 aliphatic heterocycles. The molecule has 0 aliphatic rings. The molecule has 2 rings (SSSR count). The van der Waals surface area contributed by atoms with Gasteiger partial charge in [-0.3, -0.25) is 14.2 Å². The van der Waals surface area contributed by atoms with E-state index < -0.39 is 0 Å². The molecule has 0 aliphatic carbocycles. The van der Waals surface area contributed by atoms with Gasteiger partial charge in [-0.25, -0.2) is 0 Å². The van der Waals surface area contributed by atoms with E-state index in [1.165, 1.54) is 4.57 Å². The maximum Gasteiger partial charge on any atom is 0.307 e. The first-order chi connectivity index (χ1) is 8.97. The van der Waals surface area contributed by atoms with Crippen molar-refractivity contribution >= 4 is 50.5 Å². The molecule has 0 saturated carbocycles. The quantitative estimate of drug-likeness (QED) is 0.912. The monoisotopic (exact) mass is 360 g/mol. The number of nitrogens with one attached hydrogen (secondary N) is 1. The van der Waals surface area contributed by atoms with Crippen molar-refractivity contribution in [2.24, 2.45) is 0 Å². The van der Waals surface area contributed by atoms with E-state index in [1.54, 1.807) is 30.5 Å². The van der Waals surface area contributed by atoms with Crippen LogP contribution in [0, 0.1) is 6.92 Å². The third kappa shape index (κ3) is 3.46. The fraction of sp³-hybridized carbons (Fsp3) is 0.167. The maximum atomic E-state index is 11.9. The zero-order chi connectivity index (χ0) is 14.0. The Labute approximate surface area is 127 Å². The van der Waals surface area contributed by atoms with Gasteiger partial charge in [-0.15, -0.1) is 0 Å². The normalized spacial score (nSPS) is 10.5. The number of carbonyl (C=O) groups excluding carboxylic acids is 1. The summed E-state index contributed by atoms with van der Waals surface area (Å²) in [6, 6.07) is 5.18. The van der Waals surface area contributed by atoms with Crippen LogP contribution in [0.5, 0.6) is 0 Å². The first kappa shape index (κ1) is 14.3. The third-order valence-electron chi connectivity index (χ3n) is 2.48. The Morgan fingerprint density at radius 2 is 2.26 bits per heavy atom. The molecular weight excluding hydrogens is 352 g/mol. The molecule has 100 valence electrons. The average molecular weight is 362 g/mol. The standard InChI is InChI=1S/C12H10BrClN2O2S/c1-7-6-19-12(18)16(7)5-11(17)15-10-3-2-8(13)4-9(10)14/h2-4,6H,5H2,1H3,(H,15,17). The van der Waals surface area contributed by atoms with Crippen molar-refractivity contribution in [3.05, 3.63) is 48.4 Å². The summed E-state index contributed by atoms with van der Waals surface area (Å²) >= 11 is 10.4. The van der Waals surface area contributed by atoms with Gasteiger partial charge in [0.2, 0.25) is 5.91 Å². The SMILES string of the molecule is Cc1csc(=O)n1CC(=O)Nc1ccc(Br)cc1Cl. The third-order valence-corrected chi connectivity index (χ3v) is 4.17. The molecule has 2 aromatic rings. The fourth-order valence-corrected chi connectivity index (χ4v) is 2.98. The van der Waals surface area contributed by atoms with Gasteiger partial charge in [-0.1, -0.05) is 38.9 Å². The predicted molar refractivity (Wildman–Crippen MR) is 81.1 cm³/mol. The van der Waals surface area contributed by atoms with Crippen LogP contribution in [-0.4, -0.2) is 10.5 Å². The summed E-state index contributed by atoms with van der Waals surface area (Å²) in [5.74, 6) is -0.284. The van der Waals surface area contributed by atoms with Gasteiger partial charge in [0.05, 0.1) is 10.7 Å². The molecule has 0 unspecified atom stereocenters. The van der Waals surface area contributed by atoms with Crippen molar-refractivity contribution in [2.45, 2.75) is 13.5 Å². The lowest BCUT2D eigenvalue weighted by Gasteiger charge is -2.08. The maximum absolute atomic E-state index is 11.9. The smallest absolute Gasteiger partial charge is 0.307 e. The second kappa shape index (κ2) is 5.90. The van der Waals surface area contributed by atoms with Crippen molar-refractivity contribution in [1.82, 2.24) is 4.57 Å². The van der Waals surface area contributed by atoms with Gasteiger partial charge in [0.25, 0.3) is 0 Å². The predicted octanol–water partition coefficient (Wildman–Crippen LogP) is 3.27. The van der Waals surface area contributed by atoms with Gasteiger partial charge < -0.3 is 5.32 Å². The van der Waals surface area contributed by atoms with Crippen LogP contribution in [0.3, 0.4) is 0 Å². The lowest BCUT2D eigenvalue weighted by atomic mass is 10.3. The number of hydrogen-bond acceptors (Lipinski definition) is 3. The molecule has 0 bridgehead atoms. The van der Waals surface area contributed by atoms with Crippen molar-refractivity contribution in [3.63, 3.8) is 0 Å². The van der Waals surface area contributed by atoms with Crippen LogP contribution in [0.2, 0.25) is 5.02 Å². The molecular formula is C12H10BrClN2O2S. The van der Waals surface area contributed by atoms with E-state index in [1.807, 2.05) is 0 Å². The van der Waals surface area contributed by atoms with Crippen LogP contribution < -0.4 is 10.2 Å². The highest BCUT2D eigenvalue weighted by atomic mass is 79.9. The van der Waals surface area contributed by atoms with E-state index in [4.69, 9.17) is 11.6 Å². The fourth-order valence-electron chi connectivity index (χ4n) is 1.52. The van der Waals surface area contributed by atoms with Crippen LogP contribution in [0.25, 0.3) is 0 Å². The van der Waals surface area contributed by atoms with Gasteiger partial charge >= 0.3 is 4.87 Å². The van der Waals surface area contributed by atoms with Crippen molar-refractivity contribution in [3.8, 4) is 0 Å². The number of benzene rings is 1. The zero-order valence-electron chi connectivity index (χ0n) is 9.94. The molecule has 4 nitrogen and oxygen atoms in total. The number of amides is 1. The minimum Gasteiger partial charge on any atom is -0.323 e. The summed E-state index contributed by atoms with van der Waals surface area (Å²) in [6.45, 7) is 1.78. The molecule has 1 N–H and O–H groups in total. The van der Waals surface area contributed by atoms with E-state index in [-0.39, 0.29) is 17.3 Å². The molecule has 1 heterocycles. The van der Waals surface area contributed by atoms with Crippen molar-refractivity contribution in [1.29, 1.82) is 0 Å². The Bertz CT molecular complexity index is 681. The Balaban J connectivity index is 2.12. The van der Waals surface area contributed by atoms with Crippen LogP contribution in [0.4, 0.5) is 5.69 Å². The molecule has 0 spiro atoms. The van der Waals surface area contributed by atoms with E-state index in [0.29, 0.717) is 10.7 Å². The molecule has 0 radical (unpaired) electrons. The summed E-state index contributed by atoms with van der Waals surface area (Å²) < 4.78 is 2.26. The number of aromatic nitrogens is 1. The second-order valence-electron chi connectivity index (χ2n) is 3.90. The van der Waals surface area contributed by atoms with Gasteiger partial charge in [-0.2, -0.15) is 0 Å². The van der Waals surface area contributed by atoms with Gasteiger partial charge in [0.1, 0.15) is 6.54 Å². The summed E-state index contributed by atoms with van der Waals surface area (Å²) in [7, 11) is 0. The van der Waals surface area contributed by atoms with Crippen LogP contribution in [0.15, 0.2) is 32.8 Å². The summed E-state index contributed by atoms with van der Waals surface area (Å²) in [5.41, 5.74) is 1.29. The van der Waals surface area contributed by atoms with Gasteiger partial charge in [0, 0.05) is 15.5 Å². The molecule has 7 heteroatoms. The summed E-state index contributed by atoms with van der Waals surface area (Å²) in [6.07, 6.45) is 0. The summed E-state index contributed by atoms with van der Waals surface area (Å²) in [4.78, 5) is 23.2. The number of nitrogens with zero attached hydrogens (tertiary/aromatic N) is 1. The zero-order valence-corrected chi connectivity index (χ0v) is 13.1. The number of aryl methyl sites for hydroxylation is 1. The lowest BCUT2D eigenvalue weighted by molar-refractivity contribution is -0.116. The molecule has 1 aromatic carbocycles. The molecule has 0 saturated heterocycles. The number of hydrogen-bond donors (Lipinski definition) is 1. The number of halogens is 2. The highest BCUT2D eigenvalue weighted by Gasteiger charge is 2.10. The molecule has 19 heavy (non-hydrogen) atoms. The number of carbonyl (C=O) groups is 1. The average Bonchev–Trinajstić information content (AvgIpc) is 2.65.